The van der Waals surface area contributed by atoms with Crippen molar-refractivity contribution in [1.82, 2.24) is 10.3 Å². The van der Waals surface area contributed by atoms with Gasteiger partial charge in [-0.3, -0.25) is 4.79 Å². The largest absolute Gasteiger partial charge is 0.376 e. The van der Waals surface area contributed by atoms with E-state index in [0.29, 0.717) is 18.1 Å². The zero-order chi connectivity index (χ0) is 12.8. The average molecular weight is 250 g/mol. The Morgan fingerprint density at radius 3 is 3.11 bits per heavy atom. The highest BCUT2D eigenvalue weighted by molar-refractivity contribution is 5.92. The maximum atomic E-state index is 11.9. The van der Waals surface area contributed by atoms with Crippen LogP contribution in [0.15, 0.2) is 18.2 Å². The fourth-order valence-corrected chi connectivity index (χ4v) is 1.91. The molecule has 1 aromatic heterocycles. The quantitative estimate of drug-likeness (QED) is 0.540. The first-order valence-electron chi connectivity index (χ1n) is 6.13. The average Bonchev–Trinajstić information content (AvgIpc) is 2.46. The van der Waals surface area contributed by atoms with Crippen LogP contribution in [-0.4, -0.2) is 30.1 Å². The molecular weight excluding hydrogens is 232 g/mol. The van der Waals surface area contributed by atoms with Crippen LogP contribution in [0.4, 0.5) is 5.82 Å². The molecule has 0 radical (unpaired) electrons. The number of nitrogen functional groups attached to an aromatic ring is 1. The van der Waals surface area contributed by atoms with Gasteiger partial charge in [0, 0.05) is 13.2 Å². The summed E-state index contributed by atoms with van der Waals surface area (Å²) in [4.78, 5) is 15.9. The van der Waals surface area contributed by atoms with E-state index in [1.807, 2.05) is 0 Å². The van der Waals surface area contributed by atoms with Crippen molar-refractivity contribution in [2.75, 3.05) is 18.6 Å². The highest BCUT2D eigenvalue weighted by atomic mass is 16.5. The first-order valence-corrected chi connectivity index (χ1v) is 6.13. The molecule has 6 nitrogen and oxygen atoms in total. The summed E-state index contributed by atoms with van der Waals surface area (Å²) in [5.41, 5.74) is 2.76. The van der Waals surface area contributed by atoms with Gasteiger partial charge in [0.15, 0.2) is 0 Å². The molecule has 1 aromatic rings. The van der Waals surface area contributed by atoms with Crippen molar-refractivity contribution in [2.45, 2.75) is 25.4 Å². The number of ether oxygens (including phenoxy) is 1. The van der Waals surface area contributed by atoms with Crippen LogP contribution >= 0.6 is 0 Å². The Bertz CT molecular complexity index is 405. The van der Waals surface area contributed by atoms with Crippen LogP contribution in [0.1, 0.15) is 29.8 Å². The standard InChI is InChI=1S/C12H18N4O2/c13-16-11-6-3-5-10(15-11)12(17)14-8-9-4-1-2-7-18-9/h3,5-6,9H,1-2,4,7-8,13H2,(H,14,17)(H,15,16). The number of hydrogen-bond acceptors (Lipinski definition) is 5. The minimum absolute atomic E-state index is 0.124. The van der Waals surface area contributed by atoms with Crippen molar-refractivity contribution in [1.29, 1.82) is 0 Å². The number of carbonyl (C=O) groups is 1. The number of carbonyl (C=O) groups excluding carboxylic acids is 1. The predicted octanol–water partition coefficient (Wildman–Crippen LogP) is 0.666. The summed E-state index contributed by atoms with van der Waals surface area (Å²) in [5.74, 6) is 5.51. The van der Waals surface area contributed by atoms with Crippen molar-refractivity contribution in [3.05, 3.63) is 23.9 Å². The number of nitrogens with one attached hydrogen (secondary N) is 2. The lowest BCUT2D eigenvalue weighted by Gasteiger charge is -2.22. The molecule has 4 N–H and O–H groups in total. The first kappa shape index (κ1) is 12.8. The molecule has 1 saturated heterocycles. The van der Waals surface area contributed by atoms with Gasteiger partial charge in [0.05, 0.1) is 6.10 Å². The number of amides is 1. The number of aromatic nitrogens is 1. The lowest BCUT2D eigenvalue weighted by atomic mass is 10.1. The van der Waals surface area contributed by atoms with Crippen molar-refractivity contribution in [2.24, 2.45) is 5.84 Å². The van der Waals surface area contributed by atoms with Crippen molar-refractivity contribution in [3.8, 4) is 0 Å². The van der Waals surface area contributed by atoms with Crippen LogP contribution in [0.2, 0.25) is 0 Å². The lowest BCUT2D eigenvalue weighted by Crippen LogP contribution is -2.35. The fourth-order valence-electron chi connectivity index (χ4n) is 1.91. The van der Waals surface area contributed by atoms with E-state index in [-0.39, 0.29) is 12.0 Å². The summed E-state index contributed by atoms with van der Waals surface area (Å²) in [6.45, 7) is 1.31. The molecule has 1 unspecified atom stereocenters. The molecule has 1 fully saturated rings. The Morgan fingerprint density at radius 2 is 2.39 bits per heavy atom. The number of hydrazine groups is 1. The maximum Gasteiger partial charge on any atom is 0.270 e. The van der Waals surface area contributed by atoms with Gasteiger partial charge < -0.3 is 15.5 Å². The highest BCUT2D eigenvalue weighted by Crippen LogP contribution is 2.11. The predicted molar refractivity (Wildman–Crippen MR) is 68.0 cm³/mol. The van der Waals surface area contributed by atoms with Gasteiger partial charge in [0.1, 0.15) is 11.5 Å². The molecule has 1 atom stereocenters. The third-order valence-corrected chi connectivity index (χ3v) is 2.89. The first-order chi connectivity index (χ1) is 8.79. The summed E-state index contributed by atoms with van der Waals surface area (Å²) in [6.07, 6.45) is 3.39. The van der Waals surface area contributed by atoms with Crippen LogP contribution in [-0.2, 0) is 4.74 Å². The van der Waals surface area contributed by atoms with E-state index in [9.17, 15) is 4.79 Å². The van der Waals surface area contributed by atoms with Gasteiger partial charge in [-0.15, -0.1) is 0 Å². The topological polar surface area (TPSA) is 89.3 Å². The van der Waals surface area contributed by atoms with Crippen LogP contribution < -0.4 is 16.6 Å². The molecule has 6 heteroatoms. The minimum atomic E-state index is -0.207. The van der Waals surface area contributed by atoms with Gasteiger partial charge in [-0.05, 0) is 31.4 Å². The summed E-state index contributed by atoms with van der Waals surface area (Å²) in [5, 5.41) is 2.82. The number of rotatable bonds is 4. The summed E-state index contributed by atoms with van der Waals surface area (Å²) in [7, 11) is 0. The van der Waals surface area contributed by atoms with Gasteiger partial charge in [0.2, 0.25) is 0 Å². The molecule has 0 aromatic carbocycles. The number of nitrogens with two attached hydrogens (primary N) is 1. The van der Waals surface area contributed by atoms with Gasteiger partial charge in [-0.25, -0.2) is 10.8 Å². The van der Waals surface area contributed by atoms with E-state index in [4.69, 9.17) is 10.6 Å². The van der Waals surface area contributed by atoms with Crippen LogP contribution in [0, 0.1) is 0 Å². The molecule has 2 heterocycles. The van der Waals surface area contributed by atoms with Gasteiger partial charge in [-0.2, -0.15) is 0 Å². The number of nitrogens with zero attached hydrogens (tertiary/aromatic N) is 1. The Kier molecular flexibility index (Phi) is 4.49. The SMILES string of the molecule is NNc1cccc(C(=O)NCC2CCCCO2)n1. The van der Waals surface area contributed by atoms with Gasteiger partial charge in [0.25, 0.3) is 5.91 Å². The number of anilines is 1. The summed E-state index contributed by atoms with van der Waals surface area (Å²) >= 11 is 0. The minimum Gasteiger partial charge on any atom is -0.376 e. The Balaban J connectivity index is 1.86. The van der Waals surface area contributed by atoms with Crippen LogP contribution in [0.3, 0.4) is 0 Å². The molecule has 98 valence electrons. The van der Waals surface area contributed by atoms with E-state index in [2.05, 4.69) is 15.7 Å². The zero-order valence-corrected chi connectivity index (χ0v) is 10.2. The van der Waals surface area contributed by atoms with E-state index in [0.717, 1.165) is 25.9 Å². The molecule has 1 amide bonds. The smallest absolute Gasteiger partial charge is 0.270 e. The molecule has 18 heavy (non-hydrogen) atoms. The third-order valence-electron chi connectivity index (χ3n) is 2.89. The Hall–Kier alpha value is -1.66. The second-order valence-corrected chi connectivity index (χ2v) is 4.25. The number of hydrogen-bond donors (Lipinski definition) is 3. The summed E-state index contributed by atoms with van der Waals surface area (Å²) < 4.78 is 5.54. The second kappa shape index (κ2) is 6.32. The lowest BCUT2D eigenvalue weighted by molar-refractivity contribution is 0.0168. The number of pyridine rings is 1. The van der Waals surface area contributed by atoms with Crippen molar-refractivity contribution >= 4 is 11.7 Å². The normalized spacial score (nSPS) is 19.3. The van der Waals surface area contributed by atoms with E-state index >= 15 is 0 Å². The fraction of sp³-hybridized carbons (Fsp3) is 0.500. The van der Waals surface area contributed by atoms with Gasteiger partial charge >= 0.3 is 0 Å². The molecule has 0 bridgehead atoms. The molecule has 0 spiro atoms. The summed E-state index contributed by atoms with van der Waals surface area (Å²) in [6, 6.07) is 5.08. The molecule has 0 aliphatic carbocycles. The van der Waals surface area contributed by atoms with Gasteiger partial charge in [-0.1, -0.05) is 6.07 Å². The molecule has 0 saturated carbocycles. The zero-order valence-electron chi connectivity index (χ0n) is 10.2. The monoisotopic (exact) mass is 250 g/mol. The molecule has 1 aliphatic rings. The Labute approximate surface area is 106 Å². The molecule has 1 aliphatic heterocycles. The van der Waals surface area contributed by atoms with Crippen LogP contribution in [0.25, 0.3) is 0 Å². The van der Waals surface area contributed by atoms with Crippen molar-refractivity contribution < 1.29 is 9.53 Å². The Morgan fingerprint density at radius 1 is 1.50 bits per heavy atom. The van der Waals surface area contributed by atoms with E-state index < -0.39 is 0 Å². The van der Waals surface area contributed by atoms with Crippen molar-refractivity contribution in [3.63, 3.8) is 0 Å². The second-order valence-electron chi connectivity index (χ2n) is 4.25. The molecule has 2 rings (SSSR count). The maximum absolute atomic E-state index is 11.9. The molecular formula is C12H18N4O2. The van der Waals surface area contributed by atoms with E-state index in [1.165, 1.54) is 0 Å². The van der Waals surface area contributed by atoms with Crippen LogP contribution in [0.5, 0.6) is 0 Å². The third kappa shape index (κ3) is 3.41. The highest BCUT2D eigenvalue weighted by Gasteiger charge is 2.15. The van der Waals surface area contributed by atoms with E-state index in [1.54, 1.807) is 18.2 Å².